The minimum absolute atomic E-state index is 0.0132. The average Bonchev–Trinajstić information content (AvgIpc) is 2.91. The lowest BCUT2D eigenvalue weighted by Crippen LogP contribution is -2.33. The first kappa shape index (κ1) is 30.8. The highest BCUT2D eigenvalue weighted by atomic mass is 19.1. The molecule has 0 saturated heterocycles. The van der Waals surface area contributed by atoms with Crippen molar-refractivity contribution in [2.45, 2.75) is 40.5 Å². The van der Waals surface area contributed by atoms with Crippen LogP contribution < -0.4 is 21.5 Å². The number of amides is 3. The molecule has 3 rings (SSSR count). The predicted molar refractivity (Wildman–Crippen MR) is 152 cm³/mol. The molecule has 0 saturated carbocycles. The van der Waals surface area contributed by atoms with Crippen LogP contribution >= 0.6 is 0 Å². The summed E-state index contributed by atoms with van der Waals surface area (Å²) in [6.07, 6.45) is 0.988. The van der Waals surface area contributed by atoms with Crippen LogP contribution in [0.3, 0.4) is 0 Å². The molecule has 3 amide bonds. The third kappa shape index (κ3) is 6.90. The molecule has 0 spiro atoms. The van der Waals surface area contributed by atoms with Crippen molar-refractivity contribution in [2.24, 2.45) is 12.8 Å². The summed E-state index contributed by atoms with van der Waals surface area (Å²) in [5.74, 6) is -1.49. The molecule has 39 heavy (non-hydrogen) atoms. The van der Waals surface area contributed by atoms with Gasteiger partial charge in [-0.2, -0.15) is 0 Å². The van der Waals surface area contributed by atoms with E-state index in [2.05, 4.69) is 5.32 Å². The molecule has 10 heteroatoms. The van der Waals surface area contributed by atoms with Gasteiger partial charge in [0.2, 0.25) is 12.3 Å². The van der Waals surface area contributed by atoms with Crippen LogP contribution in [0.15, 0.2) is 47.3 Å². The zero-order chi connectivity index (χ0) is 29.4. The number of primary amides is 1. The Labute approximate surface area is 228 Å². The second-order valence-electron chi connectivity index (χ2n) is 8.98. The molecule has 0 atom stereocenters. The van der Waals surface area contributed by atoms with Crippen LogP contribution in [0.25, 0.3) is 0 Å². The summed E-state index contributed by atoms with van der Waals surface area (Å²) >= 11 is 0. The Bertz CT molecular complexity index is 1430. The monoisotopic (exact) mass is 537 g/mol. The van der Waals surface area contributed by atoms with Gasteiger partial charge in [0.15, 0.2) is 0 Å². The highest BCUT2D eigenvalue weighted by Crippen LogP contribution is 2.36. The van der Waals surface area contributed by atoms with Gasteiger partial charge >= 0.3 is 0 Å². The lowest BCUT2D eigenvalue weighted by molar-refractivity contribution is -0.118. The second-order valence-corrected chi connectivity index (χ2v) is 8.98. The van der Waals surface area contributed by atoms with Crippen LogP contribution in [-0.2, 0) is 23.1 Å². The van der Waals surface area contributed by atoms with Crippen LogP contribution in [-0.4, -0.2) is 41.8 Å². The van der Waals surface area contributed by atoms with E-state index in [0.717, 1.165) is 5.56 Å². The summed E-state index contributed by atoms with van der Waals surface area (Å²) in [6.45, 7) is 7.26. The Balaban J connectivity index is 0.00000260. The number of nitrogens with two attached hydrogens (primary N) is 1. The van der Waals surface area contributed by atoms with Crippen molar-refractivity contribution in [1.82, 2.24) is 9.47 Å². The van der Waals surface area contributed by atoms with Gasteiger partial charge in [0.05, 0.1) is 11.4 Å². The van der Waals surface area contributed by atoms with E-state index in [1.165, 1.54) is 40.5 Å². The highest BCUT2D eigenvalue weighted by molar-refractivity contribution is 6.08. The van der Waals surface area contributed by atoms with Gasteiger partial charge in [-0.3, -0.25) is 28.6 Å². The molecule has 3 aromatic rings. The number of nitrogens with zero attached hydrogens (tertiary/aromatic N) is 3. The SMILES string of the molecule is CC.Cc1ccc(Nc2c(C(=O)N(C)C)c(N(C=O)c3cccc(CCC(N)=O)c3)c(C)c(=O)n2C)c(F)c1. The van der Waals surface area contributed by atoms with Crippen LogP contribution in [0.2, 0.25) is 0 Å². The van der Waals surface area contributed by atoms with Crippen molar-refractivity contribution in [3.05, 3.63) is 80.9 Å². The molecular weight excluding hydrogens is 501 g/mol. The molecule has 0 unspecified atom stereocenters. The van der Waals surface area contributed by atoms with Crippen molar-refractivity contribution in [1.29, 1.82) is 0 Å². The quantitative estimate of drug-likeness (QED) is 0.394. The van der Waals surface area contributed by atoms with Crippen LogP contribution in [0.5, 0.6) is 0 Å². The number of benzene rings is 2. The van der Waals surface area contributed by atoms with Gasteiger partial charge in [0.25, 0.3) is 11.5 Å². The molecule has 0 aliphatic rings. The average molecular weight is 538 g/mol. The molecule has 0 aliphatic heterocycles. The number of aromatic nitrogens is 1. The Morgan fingerprint density at radius 2 is 1.77 bits per heavy atom. The maximum Gasteiger partial charge on any atom is 0.259 e. The fourth-order valence-corrected chi connectivity index (χ4v) is 4.02. The third-order valence-corrected chi connectivity index (χ3v) is 5.98. The van der Waals surface area contributed by atoms with Crippen molar-refractivity contribution < 1.29 is 18.8 Å². The van der Waals surface area contributed by atoms with Crippen LogP contribution in [0, 0.1) is 19.7 Å². The molecule has 1 aromatic heterocycles. The zero-order valence-electron chi connectivity index (χ0n) is 23.5. The minimum atomic E-state index is -0.563. The number of halogens is 1. The Kier molecular flexibility index (Phi) is 10.5. The number of pyridine rings is 1. The van der Waals surface area contributed by atoms with E-state index in [4.69, 9.17) is 5.73 Å². The summed E-state index contributed by atoms with van der Waals surface area (Å²) in [6, 6.07) is 11.4. The molecule has 208 valence electrons. The van der Waals surface area contributed by atoms with Gasteiger partial charge < -0.3 is 16.0 Å². The number of hydrogen-bond donors (Lipinski definition) is 2. The number of anilines is 4. The number of hydrogen-bond acceptors (Lipinski definition) is 5. The normalized spacial score (nSPS) is 10.3. The lowest BCUT2D eigenvalue weighted by atomic mass is 10.0. The Hall–Kier alpha value is -4.47. The summed E-state index contributed by atoms with van der Waals surface area (Å²) in [5.41, 5.74) is 6.92. The van der Waals surface area contributed by atoms with E-state index in [0.29, 0.717) is 24.1 Å². The molecule has 0 fully saturated rings. The first-order valence-corrected chi connectivity index (χ1v) is 12.6. The molecular formula is C29H36FN5O4. The first-order chi connectivity index (χ1) is 18.5. The third-order valence-electron chi connectivity index (χ3n) is 5.98. The molecule has 0 radical (unpaired) electrons. The summed E-state index contributed by atoms with van der Waals surface area (Å²) in [4.78, 5) is 53.0. The van der Waals surface area contributed by atoms with Gasteiger partial charge in [-0.1, -0.05) is 32.0 Å². The van der Waals surface area contributed by atoms with Crippen molar-refractivity contribution in [3.63, 3.8) is 0 Å². The van der Waals surface area contributed by atoms with E-state index < -0.39 is 23.2 Å². The zero-order valence-corrected chi connectivity index (χ0v) is 23.5. The largest absolute Gasteiger partial charge is 0.370 e. The topological polar surface area (TPSA) is 118 Å². The maximum atomic E-state index is 14.8. The van der Waals surface area contributed by atoms with Gasteiger partial charge in [-0.15, -0.1) is 0 Å². The number of carbonyl (C=O) groups is 3. The molecule has 0 aliphatic carbocycles. The fourth-order valence-electron chi connectivity index (χ4n) is 4.02. The molecule has 9 nitrogen and oxygen atoms in total. The van der Waals surface area contributed by atoms with E-state index in [-0.39, 0.29) is 34.7 Å². The van der Waals surface area contributed by atoms with Gasteiger partial charge in [0.1, 0.15) is 17.2 Å². The first-order valence-electron chi connectivity index (χ1n) is 12.6. The van der Waals surface area contributed by atoms with E-state index >= 15 is 0 Å². The van der Waals surface area contributed by atoms with Gasteiger partial charge in [0, 0.05) is 38.8 Å². The summed E-state index contributed by atoms with van der Waals surface area (Å²) in [5, 5.41) is 2.90. The second kappa shape index (κ2) is 13.4. The number of aryl methyl sites for hydroxylation is 2. The van der Waals surface area contributed by atoms with Crippen LogP contribution in [0.1, 0.15) is 47.3 Å². The lowest BCUT2D eigenvalue weighted by Gasteiger charge is -2.28. The fraction of sp³-hybridized carbons (Fsp3) is 0.310. The molecule has 1 heterocycles. The maximum absolute atomic E-state index is 14.8. The highest BCUT2D eigenvalue weighted by Gasteiger charge is 2.29. The van der Waals surface area contributed by atoms with Crippen molar-refractivity contribution in [3.8, 4) is 0 Å². The Morgan fingerprint density at radius 3 is 2.33 bits per heavy atom. The summed E-state index contributed by atoms with van der Waals surface area (Å²) < 4.78 is 16.0. The number of rotatable bonds is 9. The van der Waals surface area contributed by atoms with Crippen molar-refractivity contribution >= 4 is 41.1 Å². The number of carbonyl (C=O) groups excluding carboxylic acids is 3. The minimum Gasteiger partial charge on any atom is -0.370 e. The van der Waals surface area contributed by atoms with Gasteiger partial charge in [-0.05, 0) is 55.7 Å². The molecule has 2 aromatic carbocycles. The van der Waals surface area contributed by atoms with Crippen molar-refractivity contribution in [2.75, 3.05) is 24.3 Å². The van der Waals surface area contributed by atoms with E-state index in [1.54, 1.807) is 51.4 Å². The number of nitrogens with one attached hydrogen (secondary N) is 1. The smallest absolute Gasteiger partial charge is 0.259 e. The Morgan fingerprint density at radius 1 is 1.10 bits per heavy atom. The standard InChI is InChI=1S/C27H30FN5O4.C2H6/c1-16-9-11-21(20(28)13-16)30-25-23(27(37)31(3)4)24(17(2)26(36)32(25)5)33(15-34)19-8-6-7-18(14-19)10-12-22(29)35;1-2/h6-9,11,13-15,30H,10,12H2,1-5H3,(H2,29,35);1-2H3. The van der Waals surface area contributed by atoms with E-state index in [1.807, 2.05) is 13.8 Å². The predicted octanol–water partition coefficient (Wildman–Crippen LogP) is 4.33. The summed E-state index contributed by atoms with van der Waals surface area (Å²) in [7, 11) is 4.55. The van der Waals surface area contributed by atoms with E-state index in [9.17, 15) is 23.6 Å². The molecule has 3 N–H and O–H groups in total. The van der Waals surface area contributed by atoms with Gasteiger partial charge in [-0.25, -0.2) is 4.39 Å². The molecule has 0 bridgehead atoms. The van der Waals surface area contributed by atoms with Crippen LogP contribution in [0.4, 0.5) is 27.3 Å².